The summed E-state index contributed by atoms with van der Waals surface area (Å²) in [6, 6.07) is 14.1. The van der Waals surface area contributed by atoms with Crippen molar-refractivity contribution in [3.63, 3.8) is 0 Å². The maximum absolute atomic E-state index is 12.2. The standard InChI is InChI=1S/C22H20ClN3O4/c23-16-7-5-15(6-8-16)19(27)9-10-22(28)25-17-11-24-26(12-17)13-18-14-29-20-3-1-2-4-21(20)30-18/h1-8,11-12,18H,9-10,13-14H2,(H,25,28). The normalized spacial score (nSPS) is 14.9. The van der Waals surface area contributed by atoms with Gasteiger partial charge in [-0.2, -0.15) is 5.10 Å². The minimum atomic E-state index is -0.247. The number of ketones is 1. The molecule has 1 unspecified atom stereocenters. The van der Waals surface area contributed by atoms with Gasteiger partial charge in [0.15, 0.2) is 23.4 Å². The number of anilines is 1. The lowest BCUT2D eigenvalue weighted by molar-refractivity contribution is -0.116. The molecule has 0 fully saturated rings. The van der Waals surface area contributed by atoms with E-state index in [-0.39, 0.29) is 30.6 Å². The number of halogens is 1. The third kappa shape index (κ3) is 4.99. The summed E-state index contributed by atoms with van der Waals surface area (Å²) in [4.78, 5) is 24.3. The maximum atomic E-state index is 12.2. The molecule has 3 aromatic rings. The Morgan fingerprint density at radius 3 is 2.67 bits per heavy atom. The Kier molecular flexibility index (Phi) is 5.99. The van der Waals surface area contributed by atoms with Crippen LogP contribution in [0.4, 0.5) is 5.69 Å². The topological polar surface area (TPSA) is 82.5 Å². The van der Waals surface area contributed by atoms with Gasteiger partial charge in [0.2, 0.25) is 5.91 Å². The second-order valence-electron chi connectivity index (χ2n) is 6.93. The number of ether oxygens (including phenoxy) is 2. The quantitative estimate of drug-likeness (QED) is 0.579. The summed E-state index contributed by atoms with van der Waals surface area (Å²) in [6.07, 6.45) is 3.32. The highest BCUT2D eigenvalue weighted by atomic mass is 35.5. The number of hydrogen-bond donors (Lipinski definition) is 1. The summed E-state index contributed by atoms with van der Waals surface area (Å²) in [6.45, 7) is 0.907. The molecule has 0 saturated heterocycles. The smallest absolute Gasteiger partial charge is 0.224 e. The number of Topliss-reactive ketones (excluding diaryl/α,β-unsaturated/α-hetero) is 1. The first-order chi connectivity index (χ1) is 14.6. The van der Waals surface area contributed by atoms with Gasteiger partial charge in [-0.15, -0.1) is 0 Å². The van der Waals surface area contributed by atoms with Crippen molar-refractivity contribution in [1.29, 1.82) is 0 Å². The van der Waals surface area contributed by atoms with Gasteiger partial charge in [-0.25, -0.2) is 0 Å². The molecule has 1 aliphatic heterocycles. The molecule has 1 aliphatic rings. The molecule has 2 heterocycles. The van der Waals surface area contributed by atoms with Crippen molar-refractivity contribution in [2.45, 2.75) is 25.5 Å². The molecule has 1 amide bonds. The van der Waals surface area contributed by atoms with Crippen LogP contribution in [0.3, 0.4) is 0 Å². The minimum absolute atomic E-state index is 0.0863. The van der Waals surface area contributed by atoms with Gasteiger partial charge in [-0.1, -0.05) is 23.7 Å². The number of aromatic nitrogens is 2. The van der Waals surface area contributed by atoms with Gasteiger partial charge in [0.25, 0.3) is 0 Å². The zero-order valence-electron chi connectivity index (χ0n) is 16.1. The van der Waals surface area contributed by atoms with Crippen LogP contribution >= 0.6 is 11.6 Å². The summed E-state index contributed by atoms with van der Waals surface area (Å²) < 4.78 is 13.3. The van der Waals surface area contributed by atoms with E-state index in [2.05, 4.69) is 10.4 Å². The van der Waals surface area contributed by atoms with Crippen LogP contribution in [0.2, 0.25) is 5.02 Å². The van der Waals surface area contributed by atoms with Crippen molar-refractivity contribution >= 4 is 29.0 Å². The molecule has 8 heteroatoms. The Labute approximate surface area is 178 Å². The van der Waals surface area contributed by atoms with Gasteiger partial charge < -0.3 is 14.8 Å². The second kappa shape index (κ2) is 9.00. The van der Waals surface area contributed by atoms with Crippen molar-refractivity contribution < 1.29 is 19.1 Å². The van der Waals surface area contributed by atoms with E-state index in [4.69, 9.17) is 21.1 Å². The van der Waals surface area contributed by atoms with E-state index in [1.54, 1.807) is 41.3 Å². The van der Waals surface area contributed by atoms with Crippen molar-refractivity contribution in [2.75, 3.05) is 11.9 Å². The van der Waals surface area contributed by atoms with Gasteiger partial charge >= 0.3 is 0 Å². The van der Waals surface area contributed by atoms with Crippen LogP contribution < -0.4 is 14.8 Å². The van der Waals surface area contributed by atoms with Crippen molar-refractivity contribution in [3.8, 4) is 11.5 Å². The van der Waals surface area contributed by atoms with Crippen LogP contribution in [-0.2, 0) is 11.3 Å². The molecule has 0 spiro atoms. The van der Waals surface area contributed by atoms with Crippen molar-refractivity contribution in [3.05, 3.63) is 71.5 Å². The average Bonchev–Trinajstić information content (AvgIpc) is 3.19. The predicted octanol–water partition coefficient (Wildman–Crippen LogP) is 3.98. The molecule has 7 nitrogen and oxygen atoms in total. The number of nitrogens with one attached hydrogen (secondary N) is 1. The van der Waals surface area contributed by atoms with Crippen LogP contribution in [0, 0.1) is 0 Å². The highest BCUT2D eigenvalue weighted by molar-refractivity contribution is 6.30. The Morgan fingerprint density at radius 1 is 1.10 bits per heavy atom. The molecule has 0 aliphatic carbocycles. The summed E-state index contributed by atoms with van der Waals surface area (Å²) in [5, 5.41) is 7.59. The Balaban J connectivity index is 1.25. The number of rotatable bonds is 7. The number of fused-ring (bicyclic) bond motifs is 1. The lowest BCUT2D eigenvalue weighted by Gasteiger charge is -2.26. The monoisotopic (exact) mass is 425 g/mol. The van der Waals surface area contributed by atoms with Crippen LogP contribution in [-0.4, -0.2) is 34.2 Å². The molecule has 2 aromatic carbocycles. The number of nitrogens with zero attached hydrogens (tertiary/aromatic N) is 2. The van der Waals surface area contributed by atoms with Crippen LogP contribution in [0.15, 0.2) is 60.9 Å². The van der Waals surface area contributed by atoms with Crippen molar-refractivity contribution in [2.24, 2.45) is 0 Å². The molecule has 154 valence electrons. The zero-order valence-corrected chi connectivity index (χ0v) is 16.8. The van der Waals surface area contributed by atoms with E-state index in [1.807, 2.05) is 24.3 Å². The lowest BCUT2D eigenvalue weighted by atomic mass is 10.1. The number of hydrogen-bond acceptors (Lipinski definition) is 5. The fourth-order valence-corrected chi connectivity index (χ4v) is 3.25. The van der Waals surface area contributed by atoms with Gasteiger partial charge in [0.05, 0.1) is 18.4 Å². The molecule has 0 saturated carbocycles. The Morgan fingerprint density at radius 2 is 1.87 bits per heavy atom. The van der Waals surface area contributed by atoms with Crippen LogP contribution in [0.5, 0.6) is 11.5 Å². The molecule has 1 atom stereocenters. The largest absolute Gasteiger partial charge is 0.486 e. The second-order valence-corrected chi connectivity index (χ2v) is 7.36. The first-order valence-electron chi connectivity index (χ1n) is 9.56. The average molecular weight is 426 g/mol. The fraction of sp³-hybridized carbons (Fsp3) is 0.227. The predicted molar refractivity (Wildman–Crippen MR) is 112 cm³/mol. The number of carbonyl (C=O) groups is 2. The molecule has 30 heavy (non-hydrogen) atoms. The number of amides is 1. The Hall–Kier alpha value is -3.32. The van der Waals surface area contributed by atoms with Gasteiger partial charge in [0, 0.05) is 29.6 Å². The van der Waals surface area contributed by atoms with E-state index < -0.39 is 0 Å². The van der Waals surface area contributed by atoms with E-state index in [0.717, 1.165) is 5.75 Å². The van der Waals surface area contributed by atoms with Crippen LogP contribution in [0.25, 0.3) is 0 Å². The lowest BCUT2D eigenvalue weighted by Crippen LogP contribution is -2.33. The molecule has 1 aromatic heterocycles. The van der Waals surface area contributed by atoms with E-state index in [9.17, 15) is 9.59 Å². The minimum Gasteiger partial charge on any atom is -0.486 e. The molecule has 0 bridgehead atoms. The number of para-hydroxylation sites is 2. The molecule has 1 N–H and O–H groups in total. The maximum Gasteiger partial charge on any atom is 0.224 e. The fourth-order valence-electron chi connectivity index (χ4n) is 3.12. The van der Waals surface area contributed by atoms with Crippen LogP contribution in [0.1, 0.15) is 23.2 Å². The molecule has 4 rings (SSSR count). The first kappa shape index (κ1) is 20.0. The van der Waals surface area contributed by atoms with E-state index in [1.165, 1.54) is 0 Å². The summed E-state index contributed by atoms with van der Waals surface area (Å²) in [5.74, 6) is 1.09. The molecular weight excluding hydrogens is 406 g/mol. The van der Waals surface area contributed by atoms with Gasteiger partial charge in [-0.05, 0) is 36.4 Å². The summed E-state index contributed by atoms with van der Waals surface area (Å²) in [7, 11) is 0. The van der Waals surface area contributed by atoms with E-state index >= 15 is 0 Å². The zero-order chi connectivity index (χ0) is 20.9. The van der Waals surface area contributed by atoms with E-state index in [0.29, 0.717) is 35.2 Å². The molecular formula is C22H20ClN3O4. The third-order valence-corrected chi connectivity index (χ3v) is 4.87. The highest BCUT2D eigenvalue weighted by Gasteiger charge is 2.21. The SMILES string of the molecule is O=C(CCC(=O)c1ccc(Cl)cc1)Nc1cnn(CC2COc3ccccc3O2)c1. The van der Waals surface area contributed by atoms with Crippen molar-refractivity contribution in [1.82, 2.24) is 9.78 Å². The van der Waals surface area contributed by atoms with Gasteiger partial charge in [0.1, 0.15) is 6.61 Å². The van der Waals surface area contributed by atoms with Gasteiger partial charge in [-0.3, -0.25) is 14.3 Å². The number of carbonyl (C=O) groups excluding carboxylic acids is 2. The molecule has 0 radical (unpaired) electrons. The third-order valence-electron chi connectivity index (χ3n) is 4.62. The highest BCUT2D eigenvalue weighted by Crippen LogP contribution is 2.31. The first-order valence-corrected chi connectivity index (χ1v) is 9.94. The summed E-state index contributed by atoms with van der Waals surface area (Å²) in [5.41, 5.74) is 1.10. The number of benzene rings is 2. The summed E-state index contributed by atoms with van der Waals surface area (Å²) >= 11 is 5.82. The Bertz CT molecular complexity index is 1050.